The average molecular weight is 206 g/mol. The first kappa shape index (κ1) is 12.5. The Bertz CT molecular complexity index is 274. The van der Waals surface area contributed by atoms with Crippen LogP contribution in [-0.4, -0.2) is 0 Å². The van der Waals surface area contributed by atoms with Crippen LogP contribution < -0.4 is 0 Å². The predicted octanol–water partition coefficient (Wildman–Crippen LogP) is 5.26. The van der Waals surface area contributed by atoms with Gasteiger partial charge in [0, 0.05) is 0 Å². The Balaban J connectivity index is 3.01. The van der Waals surface area contributed by atoms with Crippen LogP contribution in [-0.2, 0) is 0 Å². The van der Waals surface area contributed by atoms with Crippen molar-refractivity contribution < 1.29 is 0 Å². The molecule has 0 heteroatoms. The normalized spacial score (nSPS) is 17.3. The molecule has 1 aliphatic carbocycles. The molecule has 0 bridgehead atoms. The van der Waals surface area contributed by atoms with Crippen molar-refractivity contribution in [2.75, 3.05) is 0 Å². The molecule has 0 unspecified atom stereocenters. The Morgan fingerprint density at radius 1 is 1.13 bits per heavy atom. The minimum atomic E-state index is 0.469. The Labute approximate surface area is 95.5 Å². The first-order chi connectivity index (χ1) is 7.11. The maximum absolute atomic E-state index is 2.48. The van der Waals surface area contributed by atoms with Gasteiger partial charge in [-0.3, -0.25) is 0 Å². The van der Waals surface area contributed by atoms with Gasteiger partial charge < -0.3 is 0 Å². The fraction of sp³-hybridized carbons (Fsp3) is 0.733. The summed E-state index contributed by atoms with van der Waals surface area (Å²) in [7, 11) is 0. The lowest BCUT2D eigenvalue weighted by Gasteiger charge is -2.34. The van der Waals surface area contributed by atoms with Crippen molar-refractivity contribution in [2.24, 2.45) is 5.41 Å². The minimum Gasteiger partial charge on any atom is -0.0764 e. The number of rotatable bonds is 5. The van der Waals surface area contributed by atoms with Gasteiger partial charge >= 0.3 is 0 Å². The van der Waals surface area contributed by atoms with Crippen LogP contribution in [0, 0.1) is 5.41 Å². The van der Waals surface area contributed by atoms with Crippen LogP contribution in [0.3, 0.4) is 0 Å². The molecule has 15 heavy (non-hydrogen) atoms. The summed E-state index contributed by atoms with van der Waals surface area (Å²) in [5.74, 6) is 0. The van der Waals surface area contributed by atoms with E-state index in [0.29, 0.717) is 5.41 Å². The molecule has 0 aromatic carbocycles. The van der Waals surface area contributed by atoms with Crippen LogP contribution in [0.1, 0.15) is 66.7 Å². The van der Waals surface area contributed by atoms with Crippen molar-refractivity contribution >= 4 is 0 Å². The van der Waals surface area contributed by atoms with Gasteiger partial charge in [0.1, 0.15) is 0 Å². The summed E-state index contributed by atoms with van der Waals surface area (Å²) in [4.78, 5) is 0. The highest BCUT2D eigenvalue weighted by molar-refractivity contribution is 5.44. The summed E-state index contributed by atoms with van der Waals surface area (Å²) in [6, 6.07) is 0. The van der Waals surface area contributed by atoms with Crippen LogP contribution in [0.25, 0.3) is 0 Å². The second kappa shape index (κ2) is 5.01. The third-order valence-corrected chi connectivity index (χ3v) is 4.31. The van der Waals surface area contributed by atoms with Gasteiger partial charge in [0.25, 0.3) is 0 Å². The fourth-order valence-electron chi connectivity index (χ4n) is 3.00. The highest BCUT2D eigenvalue weighted by atomic mass is 14.4. The van der Waals surface area contributed by atoms with Gasteiger partial charge in [0.2, 0.25) is 0 Å². The highest BCUT2D eigenvalue weighted by Gasteiger charge is 2.32. The molecule has 0 aliphatic heterocycles. The molecule has 0 radical (unpaired) electrons. The third-order valence-electron chi connectivity index (χ3n) is 4.31. The monoisotopic (exact) mass is 206 g/mol. The molecule has 1 rings (SSSR count). The minimum absolute atomic E-state index is 0.469. The summed E-state index contributed by atoms with van der Waals surface area (Å²) in [5.41, 5.74) is 5.28. The van der Waals surface area contributed by atoms with E-state index in [1.165, 1.54) is 32.1 Å². The molecule has 86 valence electrons. The predicted molar refractivity (Wildman–Crippen MR) is 69.0 cm³/mol. The smallest absolute Gasteiger partial charge is 0.00527 e. The molecule has 0 fully saturated rings. The molecule has 0 amide bonds. The zero-order valence-electron chi connectivity index (χ0n) is 11.1. The van der Waals surface area contributed by atoms with E-state index in [2.05, 4.69) is 40.7 Å². The van der Waals surface area contributed by atoms with E-state index in [1.807, 2.05) is 0 Å². The van der Waals surface area contributed by atoms with Crippen LogP contribution in [0.4, 0.5) is 0 Å². The molecule has 0 heterocycles. The Kier molecular flexibility index (Phi) is 4.19. The molecule has 0 saturated heterocycles. The quantitative estimate of drug-likeness (QED) is 0.575. The fourth-order valence-corrected chi connectivity index (χ4v) is 3.00. The van der Waals surface area contributed by atoms with E-state index in [9.17, 15) is 0 Å². The van der Waals surface area contributed by atoms with Crippen molar-refractivity contribution in [3.8, 4) is 0 Å². The summed E-state index contributed by atoms with van der Waals surface area (Å²) < 4.78 is 0. The maximum atomic E-state index is 2.48. The molecule has 0 atom stereocenters. The van der Waals surface area contributed by atoms with Crippen LogP contribution in [0.5, 0.6) is 0 Å². The molecular weight excluding hydrogens is 180 g/mol. The van der Waals surface area contributed by atoms with Crippen molar-refractivity contribution in [1.82, 2.24) is 0 Å². The summed E-state index contributed by atoms with van der Waals surface area (Å²) >= 11 is 0. The molecule has 0 aromatic heterocycles. The van der Waals surface area contributed by atoms with E-state index >= 15 is 0 Å². The van der Waals surface area contributed by atoms with E-state index in [4.69, 9.17) is 0 Å². The van der Waals surface area contributed by atoms with Gasteiger partial charge in [-0.15, -0.1) is 0 Å². The molecule has 0 N–H and O–H groups in total. The molecule has 0 nitrogen and oxygen atoms in total. The summed E-state index contributed by atoms with van der Waals surface area (Å²) in [6.45, 7) is 11.6. The molecule has 0 spiro atoms. The van der Waals surface area contributed by atoms with Gasteiger partial charge in [-0.2, -0.15) is 0 Å². The second-order valence-corrected chi connectivity index (χ2v) is 4.96. The highest BCUT2D eigenvalue weighted by Crippen LogP contribution is 2.46. The standard InChI is InChI=1S/C15H26/c1-6-11-15(7-2,8-3)14-10-9-12(4)13(14)5/h10H,6-9,11H2,1-5H3. The van der Waals surface area contributed by atoms with Crippen molar-refractivity contribution in [2.45, 2.75) is 66.7 Å². The molecule has 0 aromatic rings. The van der Waals surface area contributed by atoms with Crippen molar-refractivity contribution in [3.05, 3.63) is 22.8 Å². The van der Waals surface area contributed by atoms with Gasteiger partial charge in [-0.1, -0.05) is 38.8 Å². The van der Waals surface area contributed by atoms with Crippen molar-refractivity contribution in [3.63, 3.8) is 0 Å². The maximum Gasteiger partial charge on any atom is -0.00527 e. The van der Waals surface area contributed by atoms with Crippen LogP contribution in [0.15, 0.2) is 22.8 Å². The van der Waals surface area contributed by atoms with Crippen molar-refractivity contribution in [1.29, 1.82) is 0 Å². The lowest BCUT2D eigenvalue weighted by atomic mass is 9.70. The average Bonchev–Trinajstić information content (AvgIpc) is 2.58. The Morgan fingerprint density at radius 3 is 2.07 bits per heavy atom. The zero-order valence-corrected chi connectivity index (χ0v) is 11.1. The van der Waals surface area contributed by atoms with E-state index in [-0.39, 0.29) is 0 Å². The van der Waals surface area contributed by atoms with Gasteiger partial charge in [-0.05, 0) is 56.1 Å². The van der Waals surface area contributed by atoms with Gasteiger partial charge in [0.15, 0.2) is 0 Å². The first-order valence-corrected chi connectivity index (χ1v) is 6.48. The second-order valence-electron chi connectivity index (χ2n) is 4.96. The molecular formula is C15H26. The molecule has 0 saturated carbocycles. The SMILES string of the molecule is CCCC(CC)(CC)C1=CCC(C)=C1C. The lowest BCUT2D eigenvalue weighted by Crippen LogP contribution is -2.21. The third kappa shape index (κ3) is 2.19. The van der Waals surface area contributed by atoms with Gasteiger partial charge in [-0.25, -0.2) is 0 Å². The summed E-state index contributed by atoms with van der Waals surface area (Å²) in [6.07, 6.45) is 8.88. The number of hydrogen-bond donors (Lipinski definition) is 0. The largest absolute Gasteiger partial charge is 0.0764 e. The number of hydrogen-bond acceptors (Lipinski definition) is 0. The van der Waals surface area contributed by atoms with Crippen LogP contribution >= 0.6 is 0 Å². The summed E-state index contributed by atoms with van der Waals surface area (Å²) in [5, 5.41) is 0. The van der Waals surface area contributed by atoms with E-state index in [1.54, 1.807) is 16.7 Å². The van der Waals surface area contributed by atoms with Crippen LogP contribution in [0.2, 0.25) is 0 Å². The Morgan fingerprint density at radius 2 is 1.73 bits per heavy atom. The van der Waals surface area contributed by atoms with E-state index in [0.717, 1.165) is 0 Å². The van der Waals surface area contributed by atoms with E-state index < -0.39 is 0 Å². The number of allylic oxidation sites excluding steroid dienone is 4. The topological polar surface area (TPSA) is 0 Å². The van der Waals surface area contributed by atoms with Gasteiger partial charge in [0.05, 0.1) is 0 Å². The molecule has 1 aliphatic rings. The first-order valence-electron chi connectivity index (χ1n) is 6.48. The lowest BCUT2D eigenvalue weighted by molar-refractivity contribution is 0.302. The zero-order chi connectivity index (χ0) is 11.5. The Hall–Kier alpha value is -0.520.